The summed E-state index contributed by atoms with van der Waals surface area (Å²) in [5.74, 6) is 0.217. The monoisotopic (exact) mass is 320 g/mol. The Morgan fingerprint density at radius 2 is 2.17 bits per heavy atom. The first-order valence-electron chi connectivity index (χ1n) is 7.77. The summed E-state index contributed by atoms with van der Waals surface area (Å²) in [5.41, 5.74) is 6.87. The van der Waals surface area contributed by atoms with Crippen LogP contribution < -0.4 is 15.8 Å². The van der Waals surface area contributed by atoms with Gasteiger partial charge in [-0.05, 0) is 18.4 Å². The zero-order valence-electron chi connectivity index (χ0n) is 13.6. The van der Waals surface area contributed by atoms with E-state index < -0.39 is 0 Å². The molecule has 1 aromatic heterocycles. The number of likely N-dealkylation sites (tertiary alicyclic amines) is 1. The van der Waals surface area contributed by atoms with E-state index in [1.165, 1.54) is 6.92 Å². The highest BCUT2D eigenvalue weighted by molar-refractivity contribution is 5.80. The molecule has 2 atom stereocenters. The lowest BCUT2D eigenvalue weighted by Gasteiger charge is -2.23. The van der Waals surface area contributed by atoms with Gasteiger partial charge in [0.15, 0.2) is 0 Å². The average Bonchev–Trinajstić information content (AvgIpc) is 2.75. The summed E-state index contributed by atoms with van der Waals surface area (Å²) >= 11 is 0. The number of nitrogens with zero attached hydrogens (tertiary/aromatic N) is 2. The number of hydrogen-bond donors (Lipinski definition) is 2. The average molecular weight is 320 g/mol. The van der Waals surface area contributed by atoms with E-state index in [4.69, 9.17) is 10.5 Å². The number of amides is 2. The van der Waals surface area contributed by atoms with Gasteiger partial charge >= 0.3 is 0 Å². The molecule has 1 saturated heterocycles. The van der Waals surface area contributed by atoms with Crippen LogP contribution in [0.1, 0.15) is 25.3 Å². The molecule has 23 heavy (non-hydrogen) atoms. The molecule has 126 valence electrons. The Morgan fingerprint density at radius 1 is 1.39 bits per heavy atom. The number of carbonyl (C=O) groups excluding carboxylic acids is 2. The lowest BCUT2D eigenvalue weighted by molar-refractivity contribution is -0.131. The molecule has 0 aliphatic carbocycles. The lowest BCUT2D eigenvalue weighted by Crippen LogP contribution is -2.42. The summed E-state index contributed by atoms with van der Waals surface area (Å²) in [5, 5.41) is 2.91. The fourth-order valence-corrected chi connectivity index (χ4v) is 2.66. The van der Waals surface area contributed by atoms with Crippen molar-refractivity contribution in [1.29, 1.82) is 0 Å². The lowest BCUT2D eigenvalue weighted by atomic mass is 10.0. The molecule has 2 amide bonds. The largest absolute Gasteiger partial charge is 0.481 e. The third kappa shape index (κ3) is 4.92. The minimum absolute atomic E-state index is 0.0421. The van der Waals surface area contributed by atoms with Crippen molar-refractivity contribution in [3.8, 4) is 5.88 Å². The van der Waals surface area contributed by atoms with Crippen LogP contribution in [0.5, 0.6) is 5.88 Å². The molecule has 1 aromatic rings. The van der Waals surface area contributed by atoms with Crippen LogP contribution in [0.15, 0.2) is 18.3 Å². The van der Waals surface area contributed by atoms with Gasteiger partial charge in [-0.15, -0.1) is 0 Å². The van der Waals surface area contributed by atoms with E-state index in [1.54, 1.807) is 24.3 Å². The van der Waals surface area contributed by atoms with Crippen LogP contribution in [0.2, 0.25) is 0 Å². The summed E-state index contributed by atoms with van der Waals surface area (Å²) in [6, 6.07) is 3.54. The van der Waals surface area contributed by atoms with Crippen molar-refractivity contribution in [2.24, 2.45) is 11.7 Å². The van der Waals surface area contributed by atoms with Crippen LogP contribution >= 0.6 is 0 Å². The van der Waals surface area contributed by atoms with E-state index in [-0.39, 0.29) is 23.8 Å². The molecule has 7 nitrogen and oxygen atoms in total. The van der Waals surface area contributed by atoms with Gasteiger partial charge in [0.25, 0.3) is 0 Å². The molecule has 1 aliphatic heterocycles. The normalized spacial score (nSPS) is 21.4. The number of carbonyl (C=O) groups is 2. The molecule has 2 heterocycles. The fourth-order valence-electron chi connectivity index (χ4n) is 2.66. The first kappa shape index (κ1) is 17.2. The smallest absolute Gasteiger partial charge is 0.225 e. The number of aromatic nitrogens is 1. The van der Waals surface area contributed by atoms with E-state index in [9.17, 15) is 9.59 Å². The van der Waals surface area contributed by atoms with E-state index in [1.807, 2.05) is 6.07 Å². The maximum absolute atomic E-state index is 12.4. The van der Waals surface area contributed by atoms with Crippen LogP contribution in [0, 0.1) is 5.92 Å². The van der Waals surface area contributed by atoms with E-state index in [0.717, 1.165) is 12.0 Å². The molecule has 2 rings (SSSR count). The second-order valence-electron chi connectivity index (χ2n) is 5.88. The summed E-state index contributed by atoms with van der Waals surface area (Å²) in [6.07, 6.45) is 3.10. The first-order chi connectivity index (χ1) is 11.0. The predicted octanol–water partition coefficient (Wildman–Crippen LogP) is 0.292. The molecule has 1 fully saturated rings. The minimum atomic E-state index is -0.223. The number of nitrogens with two attached hydrogens (primary N) is 1. The predicted molar refractivity (Wildman–Crippen MR) is 85.6 cm³/mol. The van der Waals surface area contributed by atoms with Crippen LogP contribution in [0.25, 0.3) is 0 Å². The summed E-state index contributed by atoms with van der Waals surface area (Å²) in [7, 11) is 1.56. The Kier molecular flexibility index (Phi) is 5.92. The van der Waals surface area contributed by atoms with E-state index in [0.29, 0.717) is 31.9 Å². The van der Waals surface area contributed by atoms with Crippen molar-refractivity contribution in [2.75, 3.05) is 20.2 Å². The standard InChI is InChI=1S/C16H24N4O3/c1-11(21)20-9-13(4-5-14(17)10-20)16(22)19-8-12-3-6-15(23-2)18-7-12/h3,6-7,13-14H,4-5,8-10,17H2,1-2H3,(H,19,22)/t13-,14+/m1/s1. The van der Waals surface area contributed by atoms with Gasteiger partial charge in [-0.3, -0.25) is 9.59 Å². The molecule has 1 aliphatic rings. The van der Waals surface area contributed by atoms with Gasteiger partial charge in [-0.2, -0.15) is 0 Å². The molecule has 0 unspecified atom stereocenters. The summed E-state index contributed by atoms with van der Waals surface area (Å²) in [6.45, 7) is 2.85. The number of rotatable bonds is 4. The molecule has 0 saturated carbocycles. The maximum Gasteiger partial charge on any atom is 0.225 e. The van der Waals surface area contributed by atoms with E-state index in [2.05, 4.69) is 10.3 Å². The zero-order valence-corrected chi connectivity index (χ0v) is 13.6. The van der Waals surface area contributed by atoms with Gasteiger partial charge < -0.3 is 20.7 Å². The van der Waals surface area contributed by atoms with Crippen LogP contribution in [-0.2, 0) is 16.1 Å². The molecular formula is C16H24N4O3. The topological polar surface area (TPSA) is 97.5 Å². The highest BCUT2D eigenvalue weighted by Crippen LogP contribution is 2.17. The number of methoxy groups -OCH3 is 1. The van der Waals surface area contributed by atoms with Gasteiger partial charge in [-0.25, -0.2) is 4.98 Å². The SMILES string of the molecule is COc1ccc(CNC(=O)[C@@H]2CC[C@H](N)CN(C(C)=O)C2)cn1. The van der Waals surface area contributed by atoms with Crippen molar-refractivity contribution in [1.82, 2.24) is 15.2 Å². The minimum Gasteiger partial charge on any atom is -0.481 e. The Morgan fingerprint density at radius 3 is 2.78 bits per heavy atom. The Bertz CT molecular complexity index is 547. The molecule has 3 N–H and O–H groups in total. The van der Waals surface area contributed by atoms with Crippen molar-refractivity contribution < 1.29 is 14.3 Å². The van der Waals surface area contributed by atoms with Crippen molar-refractivity contribution >= 4 is 11.8 Å². The van der Waals surface area contributed by atoms with Crippen LogP contribution in [0.4, 0.5) is 0 Å². The highest BCUT2D eigenvalue weighted by Gasteiger charge is 2.28. The quantitative estimate of drug-likeness (QED) is 0.831. The van der Waals surface area contributed by atoms with E-state index >= 15 is 0 Å². The molecular weight excluding hydrogens is 296 g/mol. The second-order valence-corrected chi connectivity index (χ2v) is 5.88. The third-order valence-corrected chi connectivity index (χ3v) is 4.07. The summed E-state index contributed by atoms with van der Waals surface area (Å²) in [4.78, 5) is 29.8. The zero-order chi connectivity index (χ0) is 16.8. The Labute approximate surface area is 136 Å². The van der Waals surface area contributed by atoms with Crippen LogP contribution in [0.3, 0.4) is 0 Å². The van der Waals surface area contributed by atoms with Gasteiger partial charge in [0, 0.05) is 44.9 Å². The van der Waals surface area contributed by atoms with Gasteiger partial charge in [0.1, 0.15) is 0 Å². The first-order valence-corrected chi connectivity index (χ1v) is 7.77. The van der Waals surface area contributed by atoms with Crippen LogP contribution in [-0.4, -0.2) is 47.9 Å². The molecule has 0 bridgehead atoms. The Hall–Kier alpha value is -2.15. The molecule has 0 aromatic carbocycles. The number of ether oxygens (including phenoxy) is 1. The van der Waals surface area contributed by atoms with Crippen molar-refractivity contribution in [2.45, 2.75) is 32.4 Å². The summed E-state index contributed by atoms with van der Waals surface area (Å²) < 4.78 is 5.00. The number of nitrogens with one attached hydrogen (secondary N) is 1. The Balaban J connectivity index is 1.91. The number of hydrogen-bond acceptors (Lipinski definition) is 5. The highest BCUT2D eigenvalue weighted by atomic mass is 16.5. The van der Waals surface area contributed by atoms with Gasteiger partial charge in [0.2, 0.25) is 17.7 Å². The number of pyridine rings is 1. The molecule has 7 heteroatoms. The second kappa shape index (κ2) is 7.92. The van der Waals surface area contributed by atoms with Crippen molar-refractivity contribution in [3.63, 3.8) is 0 Å². The van der Waals surface area contributed by atoms with Gasteiger partial charge in [-0.1, -0.05) is 6.07 Å². The van der Waals surface area contributed by atoms with Crippen molar-refractivity contribution in [3.05, 3.63) is 23.9 Å². The molecule has 0 radical (unpaired) electrons. The fraction of sp³-hybridized carbons (Fsp3) is 0.562. The third-order valence-electron chi connectivity index (χ3n) is 4.07. The molecule has 0 spiro atoms. The van der Waals surface area contributed by atoms with Gasteiger partial charge in [0.05, 0.1) is 13.0 Å². The maximum atomic E-state index is 12.4.